The molecular formula is C12H24N2O. The number of piperazine rings is 1. The molecule has 3 nitrogen and oxygen atoms in total. The standard InChI is InChI=1S/C12H24N2O/c1-5-7-14-9-11(6-8-15)13(4)12(2,3)10-14/h5,11,15H,1,6-10H2,2-4H3. The lowest BCUT2D eigenvalue weighted by atomic mass is 9.94. The van der Waals surface area contributed by atoms with E-state index >= 15 is 0 Å². The fraction of sp³-hybridized carbons (Fsp3) is 0.833. The van der Waals surface area contributed by atoms with Crippen molar-refractivity contribution >= 4 is 0 Å². The number of aliphatic hydroxyl groups excluding tert-OH is 1. The lowest BCUT2D eigenvalue weighted by Gasteiger charge is -2.50. The van der Waals surface area contributed by atoms with E-state index in [0.29, 0.717) is 6.04 Å². The molecular weight excluding hydrogens is 188 g/mol. The number of likely N-dealkylation sites (N-methyl/N-ethyl adjacent to an activating group) is 1. The van der Waals surface area contributed by atoms with Crippen LogP contribution in [0.15, 0.2) is 12.7 Å². The second kappa shape index (κ2) is 5.10. The zero-order valence-electron chi connectivity index (χ0n) is 10.2. The monoisotopic (exact) mass is 212 g/mol. The average molecular weight is 212 g/mol. The molecule has 0 amide bonds. The van der Waals surface area contributed by atoms with E-state index in [0.717, 1.165) is 26.1 Å². The van der Waals surface area contributed by atoms with Crippen LogP contribution in [0, 0.1) is 0 Å². The van der Waals surface area contributed by atoms with E-state index in [1.54, 1.807) is 0 Å². The molecule has 0 radical (unpaired) electrons. The summed E-state index contributed by atoms with van der Waals surface area (Å²) in [5.74, 6) is 0. The number of nitrogens with zero attached hydrogens (tertiary/aromatic N) is 2. The van der Waals surface area contributed by atoms with E-state index in [9.17, 15) is 0 Å². The molecule has 88 valence electrons. The average Bonchev–Trinajstić information content (AvgIpc) is 2.14. The van der Waals surface area contributed by atoms with E-state index in [4.69, 9.17) is 5.11 Å². The van der Waals surface area contributed by atoms with E-state index in [1.165, 1.54) is 0 Å². The van der Waals surface area contributed by atoms with E-state index in [2.05, 4.69) is 37.3 Å². The van der Waals surface area contributed by atoms with Crippen molar-refractivity contribution in [2.75, 3.05) is 33.3 Å². The van der Waals surface area contributed by atoms with Crippen LogP contribution in [0.2, 0.25) is 0 Å². The van der Waals surface area contributed by atoms with Crippen molar-refractivity contribution in [3.05, 3.63) is 12.7 Å². The summed E-state index contributed by atoms with van der Waals surface area (Å²) in [6.07, 6.45) is 2.81. The number of rotatable bonds is 4. The summed E-state index contributed by atoms with van der Waals surface area (Å²) in [4.78, 5) is 4.80. The van der Waals surface area contributed by atoms with Crippen LogP contribution in [0.25, 0.3) is 0 Å². The molecule has 3 heteroatoms. The van der Waals surface area contributed by atoms with Crippen molar-refractivity contribution in [2.24, 2.45) is 0 Å². The van der Waals surface area contributed by atoms with Crippen LogP contribution in [0.3, 0.4) is 0 Å². The van der Waals surface area contributed by atoms with Crippen molar-refractivity contribution in [1.29, 1.82) is 0 Å². The van der Waals surface area contributed by atoms with Gasteiger partial charge in [-0.1, -0.05) is 6.08 Å². The molecule has 0 bridgehead atoms. The van der Waals surface area contributed by atoms with Gasteiger partial charge in [0.1, 0.15) is 0 Å². The van der Waals surface area contributed by atoms with Gasteiger partial charge in [0.05, 0.1) is 0 Å². The largest absolute Gasteiger partial charge is 0.396 e. The summed E-state index contributed by atoms with van der Waals surface area (Å²) in [5, 5.41) is 9.06. The lowest BCUT2D eigenvalue weighted by Crippen LogP contribution is -2.62. The molecule has 0 aromatic heterocycles. The highest BCUT2D eigenvalue weighted by molar-refractivity contribution is 4.95. The van der Waals surface area contributed by atoms with E-state index < -0.39 is 0 Å². The minimum atomic E-state index is 0.182. The first kappa shape index (κ1) is 12.7. The first-order valence-electron chi connectivity index (χ1n) is 5.68. The lowest BCUT2D eigenvalue weighted by molar-refractivity contribution is -0.00981. The molecule has 1 aliphatic rings. The predicted molar refractivity (Wildman–Crippen MR) is 64.0 cm³/mol. The van der Waals surface area contributed by atoms with Crippen molar-refractivity contribution in [3.8, 4) is 0 Å². The van der Waals surface area contributed by atoms with Gasteiger partial charge in [-0.25, -0.2) is 0 Å². The molecule has 0 spiro atoms. The summed E-state index contributed by atoms with van der Waals surface area (Å²) in [6.45, 7) is 11.6. The Hall–Kier alpha value is -0.380. The van der Waals surface area contributed by atoms with Crippen LogP contribution in [0.1, 0.15) is 20.3 Å². The first-order valence-corrected chi connectivity index (χ1v) is 5.68. The van der Waals surface area contributed by atoms with Gasteiger partial charge in [0.2, 0.25) is 0 Å². The second-order valence-electron chi connectivity index (χ2n) is 5.07. The molecule has 1 saturated heterocycles. The van der Waals surface area contributed by atoms with Gasteiger partial charge in [-0.15, -0.1) is 6.58 Å². The molecule has 1 rings (SSSR count). The number of hydrogen-bond donors (Lipinski definition) is 1. The molecule has 0 aromatic carbocycles. The van der Waals surface area contributed by atoms with Crippen molar-refractivity contribution in [1.82, 2.24) is 9.80 Å². The van der Waals surface area contributed by atoms with Crippen molar-refractivity contribution in [2.45, 2.75) is 31.8 Å². The van der Waals surface area contributed by atoms with Crippen LogP contribution >= 0.6 is 0 Å². The van der Waals surface area contributed by atoms with E-state index in [1.807, 2.05) is 6.08 Å². The topological polar surface area (TPSA) is 26.7 Å². The molecule has 0 saturated carbocycles. The Morgan fingerprint density at radius 2 is 2.20 bits per heavy atom. The molecule has 1 N–H and O–H groups in total. The Balaban J connectivity index is 2.67. The molecule has 1 unspecified atom stereocenters. The van der Waals surface area contributed by atoms with E-state index in [-0.39, 0.29) is 12.1 Å². The quantitative estimate of drug-likeness (QED) is 0.703. The molecule has 15 heavy (non-hydrogen) atoms. The third-order valence-corrected chi connectivity index (χ3v) is 3.43. The second-order valence-corrected chi connectivity index (χ2v) is 5.07. The highest BCUT2D eigenvalue weighted by Crippen LogP contribution is 2.24. The Labute approximate surface area is 93.4 Å². The summed E-state index contributed by atoms with van der Waals surface area (Å²) in [5.41, 5.74) is 0.182. The Morgan fingerprint density at radius 3 is 2.73 bits per heavy atom. The van der Waals surface area contributed by atoms with Crippen molar-refractivity contribution < 1.29 is 5.11 Å². The highest BCUT2D eigenvalue weighted by Gasteiger charge is 2.36. The molecule has 1 atom stereocenters. The Morgan fingerprint density at radius 1 is 1.53 bits per heavy atom. The Kier molecular flexibility index (Phi) is 4.32. The van der Waals surface area contributed by atoms with Crippen LogP contribution in [-0.2, 0) is 0 Å². The normalized spacial score (nSPS) is 27.9. The smallest absolute Gasteiger partial charge is 0.0446 e. The highest BCUT2D eigenvalue weighted by atomic mass is 16.3. The van der Waals surface area contributed by atoms with Gasteiger partial charge in [0, 0.05) is 37.8 Å². The Bertz CT molecular complexity index is 216. The number of hydrogen-bond acceptors (Lipinski definition) is 3. The van der Waals surface area contributed by atoms with Gasteiger partial charge in [0.15, 0.2) is 0 Å². The summed E-state index contributed by atoms with van der Waals surface area (Å²) in [7, 11) is 2.16. The van der Waals surface area contributed by atoms with Gasteiger partial charge in [-0.05, 0) is 27.3 Å². The SMILES string of the molecule is C=CCN1CC(CCO)N(C)C(C)(C)C1. The maximum absolute atomic E-state index is 9.06. The van der Waals surface area contributed by atoms with Gasteiger partial charge in [-0.3, -0.25) is 9.80 Å². The van der Waals surface area contributed by atoms with Crippen molar-refractivity contribution in [3.63, 3.8) is 0 Å². The maximum Gasteiger partial charge on any atom is 0.0446 e. The van der Waals surface area contributed by atoms with Gasteiger partial charge >= 0.3 is 0 Å². The fourth-order valence-electron chi connectivity index (χ4n) is 2.39. The molecule has 1 fully saturated rings. The van der Waals surface area contributed by atoms with Gasteiger partial charge < -0.3 is 5.11 Å². The molecule has 0 aliphatic carbocycles. The maximum atomic E-state index is 9.06. The molecule has 0 aromatic rings. The first-order chi connectivity index (χ1) is 7.01. The molecule has 1 aliphatic heterocycles. The van der Waals surface area contributed by atoms with Crippen LogP contribution in [0.4, 0.5) is 0 Å². The summed E-state index contributed by atoms with van der Waals surface area (Å²) >= 11 is 0. The van der Waals surface area contributed by atoms with Crippen LogP contribution in [0.5, 0.6) is 0 Å². The summed E-state index contributed by atoms with van der Waals surface area (Å²) < 4.78 is 0. The number of aliphatic hydroxyl groups is 1. The third kappa shape index (κ3) is 3.03. The minimum Gasteiger partial charge on any atom is -0.396 e. The van der Waals surface area contributed by atoms with Crippen LogP contribution < -0.4 is 0 Å². The predicted octanol–water partition coefficient (Wildman–Crippen LogP) is 0.949. The third-order valence-electron chi connectivity index (χ3n) is 3.43. The molecule has 1 heterocycles. The van der Waals surface area contributed by atoms with Gasteiger partial charge in [0.25, 0.3) is 0 Å². The minimum absolute atomic E-state index is 0.182. The zero-order valence-corrected chi connectivity index (χ0v) is 10.2. The van der Waals surface area contributed by atoms with Crippen LogP contribution in [-0.4, -0.2) is 59.8 Å². The fourth-order valence-corrected chi connectivity index (χ4v) is 2.39. The zero-order chi connectivity index (χ0) is 11.5. The van der Waals surface area contributed by atoms with Gasteiger partial charge in [-0.2, -0.15) is 0 Å². The summed E-state index contributed by atoms with van der Waals surface area (Å²) in [6, 6.07) is 0.457.